The Kier molecular flexibility index (Phi) is 4.14. The molecule has 23 heavy (non-hydrogen) atoms. The van der Waals surface area contributed by atoms with E-state index in [4.69, 9.17) is 4.18 Å². The fourth-order valence-corrected chi connectivity index (χ4v) is 3.65. The summed E-state index contributed by atoms with van der Waals surface area (Å²) in [6, 6.07) is 11.4. The van der Waals surface area contributed by atoms with Gasteiger partial charge in [-0.25, -0.2) is 4.68 Å². The van der Waals surface area contributed by atoms with Crippen molar-refractivity contribution >= 4 is 26.0 Å². The van der Waals surface area contributed by atoms with Gasteiger partial charge in [0.25, 0.3) is 0 Å². The molecule has 1 heterocycles. The molecule has 0 radical (unpaired) electrons. The predicted octanol–water partition coefficient (Wildman–Crippen LogP) is 2.50. The van der Waals surface area contributed by atoms with E-state index < -0.39 is 10.1 Å². The van der Waals surface area contributed by atoms with Gasteiger partial charge in [0.05, 0.1) is 5.69 Å². The van der Waals surface area contributed by atoms with Crippen molar-refractivity contribution < 1.29 is 12.6 Å². The molecular weight excluding hydrogens is 384 g/mol. The van der Waals surface area contributed by atoms with E-state index in [0.29, 0.717) is 15.7 Å². The van der Waals surface area contributed by atoms with Gasteiger partial charge >= 0.3 is 10.1 Å². The highest BCUT2D eigenvalue weighted by Gasteiger charge is 2.19. The van der Waals surface area contributed by atoms with Gasteiger partial charge in [0.2, 0.25) is 0 Å². The van der Waals surface area contributed by atoms with Crippen LogP contribution in [0.15, 0.2) is 58.2 Å². The lowest BCUT2D eigenvalue weighted by atomic mass is 10.2. The van der Waals surface area contributed by atoms with E-state index in [9.17, 15) is 8.42 Å². The molecule has 0 atom stereocenters. The van der Waals surface area contributed by atoms with Crippen molar-refractivity contribution in [3.63, 3.8) is 0 Å². The minimum Gasteiger partial charge on any atom is -0.379 e. The van der Waals surface area contributed by atoms with E-state index in [1.54, 1.807) is 43.3 Å². The summed E-state index contributed by atoms with van der Waals surface area (Å²) in [7, 11) is -3.91. The Balaban J connectivity index is 1.87. The third-order valence-electron chi connectivity index (χ3n) is 3.08. The molecule has 3 rings (SSSR count). The quantitative estimate of drug-likeness (QED) is 0.631. The molecule has 0 aliphatic heterocycles. The normalized spacial score (nSPS) is 11.4. The van der Waals surface area contributed by atoms with Crippen molar-refractivity contribution in [2.24, 2.45) is 0 Å². The Bertz CT molecular complexity index is 925. The van der Waals surface area contributed by atoms with Crippen molar-refractivity contribution in [2.75, 3.05) is 0 Å². The highest BCUT2D eigenvalue weighted by atomic mass is 79.9. The van der Waals surface area contributed by atoms with E-state index >= 15 is 0 Å². The summed E-state index contributed by atoms with van der Waals surface area (Å²) in [6.45, 7) is 1.71. The summed E-state index contributed by atoms with van der Waals surface area (Å²) < 4.78 is 32.1. The van der Waals surface area contributed by atoms with Gasteiger partial charge in [0.1, 0.15) is 17.0 Å². The van der Waals surface area contributed by atoms with Crippen molar-refractivity contribution in [1.29, 1.82) is 0 Å². The van der Waals surface area contributed by atoms with Crippen LogP contribution in [0.25, 0.3) is 5.69 Å². The van der Waals surface area contributed by atoms with Gasteiger partial charge in [-0.3, -0.25) is 0 Å². The molecule has 0 bridgehead atoms. The number of tetrazole rings is 1. The summed E-state index contributed by atoms with van der Waals surface area (Å²) in [4.78, 5) is 0.122. The molecule has 2 aromatic carbocycles. The molecule has 0 saturated heterocycles. The van der Waals surface area contributed by atoms with E-state index in [1.165, 1.54) is 17.1 Å². The van der Waals surface area contributed by atoms with E-state index in [2.05, 4.69) is 31.5 Å². The number of benzene rings is 2. The van der Waals surface area contributed by atoms with Crippen LogP contribution in [0, 0.1) is 6.92 Å². The minimum absolute atomic E-state index is 0.122. The number of nitrogens with zero attached hydrogens (tertiary/aromatic N) is 4. The number of aryl methyl sites for hydroxylation is 1. The Hall–Kier alpha value is -2.26. The molecule has 7 nitrogen and oxygen atoms in total. The largest absolute Gasteiger partial charge is 0.379 e. The summed E-state index contributed by atoms with van der Waals surface area (Å²) in [5.41, 5.74) is 1.30. The maximum Gasteiger partial charge on any atom is 0.339 e. The molecule has 9 heteroatoms. The van der Waals surface area contributed by atoms with Gasteiger partial charge in [-0.2, -0.15) is 8.42 Å². The first-order valence-electron chi connectivity index (χ1n) is 6.50. The molecule has 0 N–H and O–H groups in total. The monoisotopic (exact) mass is 394 g/mol. The van der Waals surface area contributed by atoms with Crippen LogP contribution in [0.4, 0.5) is 0 Å². The summed E-state index contributed by atoms with van der Waals surface area (Å²) in [6.07, 6.45) is 1.44. The first-order chi connectivity index (χ1) is 11.0. The maximum atomic E-state index is 12.4. The Morgan fingerprint density at radius 1 is 1.13 bits per heavy atom. The van der Waals surface area contributed by atoms with Gasteiger partial charge in [0.15, 0.2) is 0 Å². The zero-order valence-corrected chi connectivity index (χ0v) is 14.3. The number of halogens is 1. The van der Waals surface area contributed by atoms with Crippen LogP contribution in [0.3, 0.4) is 0 Å². The second kappa shape index (κ2) is 6.09. The number of hydrogen-bond acceptors (Lipinski definition) is 6. The van der Waals surface area contributed by atoms with E-state index in [0.717, 1.165) is 0 Å². The van der Waals surface area contributed by atoms with Crippen LogP contribution in [0.1, 0.15) is 5.56 Å². The lowest BCUT2D eigenvalue weighted by Gasteiger charge is -2.10. The van der Waals surface area contributed by atoms with Crippen LogP contribution >= 0.6 is 15.9 Å². The second-order valence-electron chi connectivity index (χ2n) is 4.70. The lowest BCUT2D eigenvalue weighted by Crippen LogP contribution is -2.11. The Morgan fingerprint density at radius 3 is 2.52 bits per heavy atom. The third-order valence-corrected chi connectivity index (χ3v) is 4.96. The molecule has 0 unspecified atom stereocenters. The summed E-state index contributed by atoms with van der Waals surface area (Å²) in [5.74, 6) is 0.209. The summed E-state index contributed by atoms with van der Waals surface area (Å²) in [5, 5.41) is 10.8. The number of aromatic nitrogens is 4. The van der Waals surface area contributed by atoms with E-state index in [1.807, 2.05) is 0 Å². The molecule has 0 fully saturated rings. The Morgan fingerprint density at radius 2 is 1.87 bits per heavy atom. The standard InChI is InChI=1S/C14H11BrN4O3S/c1-10-2-3-11(15)8-14(10)23(20,21)22-13-6-4-12(5-7-13)19-9-16-17-18-19/h2-9H,1H3. The molecule has 0 spiro atoms. The van der Waals surface area contributed by atoms with Gasteiger partial charge in [0, 0.05) is 4.47 Å². The average molecular weight is 395 g/mol. The molecule has 1 aromatic heterocycles. The van der Waals surface area contributed by atoms with Gasteiger partial charge in [-0.05, 0) is 59.3 Å². The highest BCUT2D eigenvalue weighted by molar-refractivity contribution is 9.10. The number of hydrogen-bond donors (Lipinski definition) is 0. The highest BCUT2D eigenvalue weighted by Crippen LogP contribution is 2.25. The first kappa shape index (κ1) is 15.6. The average Bonchev–Trinajstić information content (AvgIpc) is 3.04. The topological polar surface area (TPSA) is 87.0 Å². The first-order valence-corrected chi connectivity index (χ1v) is 8.70. The molecule has 0 aliphatic carbocycles. The smallest absolute Gasteiger partial charge is 0.339 e. The number of rotatable bonds is 4. The third kappa shape index (κ3) is 3.40. The van der Waals surface area contributed by atoms with Crippen LogP contribution < -0.4 is 4.18 Å². The SMILES string of the molecule is Cc1ccc(Br)cc1S(=O)(=O)Oc1ccc(-n2cnnn2)cc1. The fraction of sp³-hybridized carbons (Fsp3) is 0.0714. The lowest BCUT2D eigenvalue weighted by molar-refractivity contribution is 0.485. The van der Waals surface area contributed by atoms with Crippen LogP contribution in [-0.4, -0.2) is 28.6 Å². The van der Waals surface area contributed by atoms with Gasteiger partial charge in [-0.15, -0.1) is 5.10 Å². The summed E-state index contributed by atoms with van der Waals surface area (Å²) >= 11 is 3.26. The molecule has 0 aliphatic rings. The van der Waals surface area contributed by atoms with Crippen LogP contribution in [0.2, 0.25) is 0 Å². The minimum atomic E-state index is -3.91. The molecular formula is C14H11BrN4O3S. The van der Waals surface area contributed by atoms with Gasteiger partial charge < -0.3 is 4.18 Å². The van der Waals surface area contributed by atoms with Crippen molar-refractivity contribution in [1.82, 2.24) is 20.2 Å². The fourth-order valence-electron chi connectivity index (χ4n) is 1.95. The van der Waals surface area contributed by atoms with Gasteiger partial charge in [-0.1, -0.05) is 22.0 Å². The maximum absolute atomic E-state index is 12.4. The zero-order chi connectivity index (χ0) is 16.4. The Labute approximate surface area is 141 Å². The predicted molar refractivity (Wildman–Crippen MR) is 85.8 cm³/mol. The van der Waals surface area contributed by atoms with Crippen molar-refractivity contribution in [3.05, 3.63) is 58.8 Å². The molecule has 0 saturated carbocycles. The van der Waals surface area contributed by atoms with Crippen LogP contribution in [-0.2, 0) is 10.1 Å². The van der Waals surface area contributed by atoms with Crippen LogP contribution in [0.5, 0.6) is 5.75 Å². The molecule has 3 aromatic rings. The zero-order valence-electron chi connectivity index (χ0n) is 11.9. The second-order valence-corrected chi connectivity index (χ2v) is 7.13. The van der Waals surface area contributed by atoms with Crippen molar-refractivity contribution in [3.8, 4) is 11.4 Å². The molecule has 0 amide bonds. The van der Waals surface area contributed by atoms with Crippen molar-refractivity contribution in [2.45, 2.75) is 11.8 Å². The molecule has 118 valence electrons. The van der Waals surface area contributed by atoms with E-state index in [-0.39, 0.29) is 10.6 Å².